The van der Waals surface area contributed by atoms with Crippen LogP contribution in [0.3, 0.4) is 0 Å². The molecule has 10 N–H and O–H groups in total. The lowest BCUT2D eigenvalue weighted by molar-refractivity contribution is -0.213. The topological polar surface area (TPSA) is 225 Å². The van der Waals surface area contributed by atoms with Gasteiger partial charge in [-0.25, -0.2) is 0 Å². The van der Waals surface area contributed by atoms with Crippen molar-refractivity contribution in [2.24, 2.45) is 11.8 Å². The fourth-order valence-corrected chi connectivity index (χ4v) is 9.63. The van der Waals surface area contributed by atoms with Gasteiger partial charge in [-0.1, -0.05) is 74.0 Å². The second kappa shape index (κ2) is 27.1. The second-order valence-electron chi connectivity index (χ2n) is 20.1. The number of benzene rings is 2. The summed E-state index contributed by atoms with van der Waals surface area (Å²) in [6.45, 7) is 8.91. The third-order valence-electron chi connectivity index (χ3n) is 13.4. The molecule has 1 saturated heterocycles. The number of aliphatic hydroxyl groups excluding tert-OH is 7. The number of alkyl halides is 6. The summed E-state index contributed by atoms with van der Waals surface area (Å²) in [5, 5.41) is 101. The number of nitrogens with zero attached hydrogens (tertiary/aromatic N) is 5. The van der Waals surface area contributed by atoms with Crippen molar-refractivity contribution in [2.45, 2.75) is 184 Å². The van der Waals surface area contributed by atoms with Crippen LogP contribution >= 0.6 is 15.9 Å². The first kappa shape index (κ1) is 61.5. The number of likely N-dealkylation sites (N-methyl/N-ethyl adjacent to an activating group) is 3. The van der Waals surface area contributed by atoms with Crippen molar-refractivity contribution < 1.29 is 66.8 Å². The van der Waals surface area contributed by atoms with Gasteiger partial charge in [0.15, 0.2) is 6.29 Å². The van der Waals surface area contributed by atoms with Gasteiger partial charge in [0, 0.05) is 40.6 Å². The van der Waals surface area contributed by atoms with Crippen LogP contribution in [-0.4, -0.2) is 175 Å². The van der Waals surface area contributed by atoms with Gasteiger partial charge < -0.3 is 45.0 Å². The van der Waals surface area contributed by atoms with Gasteiger partial charge in [0.05, 0.1) is 49.1 Å². The molecule has 72 heavy (non-hydrogen) atoms. The molecule has 7 unspecified atom stereocenters. The maximum atomic E-state index is 14.7. The van der Waals surface area contributed by atoms with Gasteiger partial charge in [-0.2, -0.15) is 31.6 Å². The highest BCUT2D eigenvalue weighted by Gasteiger charge is 2.45. The van der Waals surface area contributed by atoms with E-state index in [0.717, 1.165) is 37.8 Å². The van der Waals surface area contributed by atoms with E-state index in [4.69, 9.17) is 4.74 Å². The second-order valence-corrected chi connectivity index (χ2v) is 21.0. The molecule has 4 rings (SSSR count). The Kier molecular flexibility index (Phi) is 23.2. The standard InChI is InChI=1S/C49H75BrF6N8O8/c1-27(2)20-34-44(68)61(6)29(5)47(71)72-40(14-11-19-57)43(67)60-36(24-49(54,55)56)46(70)62(7)38(21-28(3)4)41(65)59-35(23-48(51,52)53)45(69)63(8)39(42(66)58-34)22-31-26-64(37-13-10-9-12-33(31)37)25-30-15-17-32(50)18-16-30/h9-10,12-13,15-18,26-29,34-36,38-47,58-60,65-71H,11,14,20-25H2,1-8H3/t29-,34-,35-,36-,38-,39-,40+,41?,42?,43?,44?,45?,46?,47?/m0/s1. The molecule has 14 atom stereocenters. The molecule has 23 heteroatoms. The minimum atomic E-state index is -4.98. The third-order valence-corrected chi connectivity index (χ3v) is 14.0. The zero-order valence-electron chi connectivity index (χ0n) is 42.0. The highest BCUT2D eigenvalue weighted by Crippen LogP contribution is 2.31. The Labute approximate surface area is 426 Å². The van der Waals surface area contributed by atoms with Crippen molar-refractivity contribution >= 4 is 26.8 Å². The van der Waals surface area contributed by atoms with E-state index in [1.54, 1.807) is 13.8 Å². The summed E-state index contributed by atoms with van der Waals surface area (Å²) in [6.07, 6.45) is -27.5. The highest BCUT2D eigenvalue weighted by molar-refractivity contribution is 9.10. The molecule has 16 nitrogen and oxygen atoms in total. The van der Waals surface area contributed by atoms with E-state index in [9.17, 15) is 67.4 Å². The summed E-state index contributed by atoms with van der Waals surface area (Å²) in [5.41, 5.74) is 2.38. The lowest BCUT2D eigenvalue weighted by Gasteiger charge is -2.44. The summed E-state index contributed by atoms with van der Waals surface area (Å²) in [6, 6.07) is 7.86. The number of nitrogens with one attached hydrogen (secondary N) is 3. The summed E-state index contributed by atoms with van der Waals surface area (Å²) in [7, 11) is 3.86. The minimum absolute atomic E-state index is 0.106. The van der Waals surface area contributed by atoms with Crippen LogP contribution in [0.2, 0.25) is 0 Å². The molecule has 0 spiro atoms. The van der Waals surface area contributed by atoms with Crippen molar-refractivity contribution in [3.63, 3.8) is 0 Å². The number of rotatable bonds is 12. The smallest absolute Gasteiger partial charge is 0.377 e. The van der Waals surface area contributed by atoms with Crippen LogP contribution < -0.4 is 16.0 Å². The number of hydrogen-bond donors (Lipinski definition) is 10. The van der Waals surface area contributed by atoms with Crippen molar-refractivity contribution in [3.8, 4) is 6.07 Å². The summed E-state index contributed by atoms with van der Waals surface area (Å²) < 4.78 is 95.5. The Morgan fingerprint density at radius 3 is 1.74 bits per heavy atom. The number of ether oxygens (including phenoxy) is 1. The fraction of sp³-hybridized carbons (Fsp3) is 0.694. The summed E-state index contributed by atoms with van der Waals surface area (Å²) in [5.74, 6) is -0.530. The summed E-state index contributed by atoms with van der Waals surface area (Å²) >= 11 is 3.46. The lowest BCUT2D eigenvalue weighted by atomic mass is 9.97. The average molecular weight is 1100 g/mol. The van der Waals surface area contributed by atoms with Crippen molar-refractivity contribution in [1.29, 1.82) is 5.26 Å². The molecule has 408 valence electrons. The molecule has 0 radical (unpaired) electrons. The molecule has 0 saturated carbocycles. The van der Waals surface area contributed by atoms with E-state index in [-0.39, 0.29) is 43.9 Å². The Bertz CT molecular complexity index is 2140. The molecule has 1 aliphatic rings. The molecule has 2 heterocycles. The predicted molar refractivity (Wildman–Crippen MR) is 262 cm³/mol. The quantitative estimate of drug-likeness (QED) is 0.111. The Morgan fingerprint density at radius 2 is 1.19 bits per heavy atom. The monoisotopic (exact) mass is 1100 g/mol. The summed E-state index contributed by atoms with van der Waals surface area (Å²) in [4.78, 5) is 3.34. The van der Waals surface area contributed by atoms with E-state index in [2.05, 4.69) is 31.9 Å². The van der Waals surface area contributed by atoms with Crippen LogP contribution in [0.15, 0.2) is 59.2 Å². The van der Waals surface area contributed by atoms with Gasteiger partial charge in [0.25, 0.3) is 0 Å². The first-order valence-corrected chi connectivity index (χ1v) is 25.0. The minimum Gasteiger partial charge on any atom is -0.377 e. The number of aliphatic hydroxyl groups is 7. The molecule has 3 aromatic rings. The zero-order chi connectivity index (χ0) is 54.0. The number of halogens is 7. The molecular formula is C49H75BrF6N8O8. The SMILES string of the molecule is CC(C)C[C@@H]1NC(O)[C@H](Cc2cn(Cc3ccc(Br)cc3)c3ccccc23)N(C)C(O)[C@H](CC(F)(F)F)NC(O)[C@H](CC(C)C)N(C)C(O)[C@H](CC(F)(F)F)NC(O)[C@@H](CCC#N)OC(O)[C@H](C)N(C)C1O. The van der Waals surface area contributed by atoms with E-state index >= 15 is 0 Å². The van der Waals surface area contributed by atoms with Crippen molar-refractivity contribution in [3.05, 3.63) is 70.3 Å². The number of aromatic nitrogens is 1. The number of nitriles is 1. The lowest BCUT2D eigenvalue weighted by Crippen LogP contribution is -2.65. The van der Waals surface area contributed by atoms with Crippen LogP contribution in [0.4, 0.5) is 26.3 Å². The van der Waals surface area contributed by atoms with Gasteiger partial charge in [0.2, 0.25) is 0 Å². The first-order chi connectivity index (χ1) is 33.5. The molecule has 1 aromatic heterocycles. The highest BCUT2D eigenvalue weighted by atomic mass is 79.9. The van der Waals surface area contributed by atoms with Crippen molar-refractivity contribution in [1.82, 2.24) is 35.2 Å². The molecule has 0 aliphatic carbocycles. The first-order valence-electron chi connectivity index (χ1n) is 24.2. The zero-order valence-corrected chi connectivity index (χ0v) is 43.6. The molecular weight excluding hydrogens is 1020 g/mol. The average Bonchev–Trinajstić information content (AvgIpc) is 3.64. The number of hydrogen-bond acceptors (Lipinski definition) is 15. The van der Waals surface area contributed by atoms with Gasteiger partial charge in [-0.15, -0.1) is 0 Å². The molecule has 0 bridgehead atoms. The molecule has 0 amide bonds. The van der Waals surface area contributed by atoms with E-state index in [0.29, 0.717) is 12.1 Å². The van der Waals surface area contributed by atoms with Gasteiger partial charge >= 0.3 is 12.4 Å². The van der Waals surface area contributed by atoms with E-state index < -0.39 is 111 Å². The third kappa shape index (κ3) is 17.8. The normalized spacial score (nSPS) is 31.5. The largest absolute Gasteiger partial charge is 0.390 e. The van der Waals surface area contributed by atoms with Crippen LogP contribution in [0.25, 0.3) is 10.9 Å². The molecule has 1 fully saturated rings. The van der Waals surface area contributed by atoms with Crippen LogP contribution in [0, 0.1) is 23.2 Å². The molecule has 2 aromatic carbocycles. The van der Waals surface area contributed by atoms with Gasteiger partial charge in [-0.05, 0) is 94.9 Å². The maximum Gasteiger partial charge on any atom is 0.390 e. The Balaban J connectivity index is 1.93. The van der Waals surface area contributed by atoms with E-state index in [1.807, 2.05) is 79.2 Å². The van der Waals surface area contributed by atoms with Crippen LogP contribution in [0.1, 0.15) is 84.3 Å². The van der Waals surface area contributed by atoms with Crippen LogP contribution in [0.5, 0.6) is 0 Å². The van der Waals surface area contributed by atoms with Gasteiger partial charge in [-0.3, -0.25) is 30.7 Å². The van der Waals surface area contributed by atoms with Gasteiger partial charge in [0.1, 0.15) is 43.5 Å². The maximum absolute atomic E-state index is 14.7. The van der Waals surface area contributed by atoms with Crippen LogP contribution in [-0.2, 0) is 17.7 Å². The number of fused-ring (bicyclic) bond motifs is 1. The predicted octanol–water partition coefficient (Wildman–Crippen LogP) is 4.72. The molecule has 1 aliphatic heterocycles. The van der Waals surface area contributed by atoms with Crippen molar-refractivity contribution in [2.75, 3.05) is 21.1 Å². The van der Waals surface area contributed by atoms with E-state index in [1.165, 1.54) is 25.9 Å². The fourth-order valence-electron chi connectivity index (χ4n) is 9.36. The number of para-hydroxylation sites is 1. The Morgan fingerprint density at radius 1 is 0.694 bits per heavy atom. The Hall–Kier alpha value is -3.03.